The topological polar surface area (TPSA) is 56.8 Å². The largest absolute Gasteiger partial charge is 0.469 e. The van der Waals surface area contributed by atoms with Gasteiger partial charge in [-0.1, -0.05) is 0 Å². The first-order chi connectivity index (χ1) is 7.33. The average Bonchev–Trinajstić information content (AvgIpc) is 2.29. The number of ether oxygens (including phenoxy) is 3. The molecule has 0 saturated carbocycles. The molecule has 1 unspecified atom stereocenters. The Morgan fingerprint density at radius 1 is 1.53 bits per heavy atom. The fourth-order valence-corrected chi connectivity index (χ4v) is 1.38. The zero-order valence-corrected chi connectivity index (χ0v) is 9.16. The number of carbonyl (C=O) groups is 1. The van der Waals surface area contributed by atoms with Crippen molar-refractivity contribution in [1.29, 1.82) is 0 Å². The van der Waals surface area contributed by atoms with Crippen LogP contribution in [0.1, 0.15) is 12.8 Å². The molecule has 1 fully saturated rings. The first kappa shape index (κ1) is 12.4. The fraction of sp³-hybridized carbons (Fsp3) is 0.900. The van der Waals surface area contributed by atoms with E-state index in [1.54, 1.807) is 0 Å². The van der Waals surface area contributed by atoms with E-state index in [1.807, 2.05) is 0 Å². The molecule has 0 aromatic heterocycles. The predicted octanol–water partition coefficient (Wildman–Crippen LogP) is -0.0554. The summed E-state index contributed by atoms with van der Waals surface area (Å²) in [5, 5.41) is 3.22. The van der Waals surface area contributed by atoms with Crippen LogP contribution in [0.25, 0.3) is 0 Å². The lowest BCUT2D eigenvalue weighted by Crippen LogP contribution is -2.37. The number of hydrogen-bond acceptors (Lipinski definition) is 5. The first-order valence-corrected chi connectivity index (χ1v) is 5.30. The zero-order valence-electron chi connectivity index (χ0n) is 9.16. The maximum absolute atomic E-state index is 10.8. The highest BCUT2D eigenvalue weighted by Crippen LogP contribution is 1.99. The van der Waals surface area contributed by atoms with E-state index in [-0.39, 0.29) is 12.1 Å². The van der Waals surface area contributed by atoms with E-state index in [0.717, 1.165) is 19.5 Å². The SMILES string of the molecule is COC(=O)CCCNCC1COCCO1. The summed E-state index contributed by atoms with van der Waals surface area (Å²) in [6.45, 7) is 3.60. The molecule has 5 heteroatoms. The van der Waals surface area contributed by atoms with Crippen LogP contribution in [0, 0.1) is 0 Å². The van der Waals surface area contributed by atoms with Crippen molar-refractivity contribution in [2.45, 2.75) is 18.9 Å². The number of rotatable bonds is 6. The van der Waals surface area contributed by atoms with Gasteiger partial charge in [0.15, 0.2) is 0 Å². The highest BCUT2D eigenvalue weighted by molar-refractivity contribution is 5.68. The molecule has 0 aliphatic carbocycles. The molecule has 1 aliphatic heterocycles. The molecular weight excluding hydrogens is 198 g/mol. The van der Waals surface area contributed by atoms with Gasteiger partial charge in [0.1, 0.15) is 0 Å². The number of nitrogens with one attached hydrogen (secondary N) is 1. The third kappa shape index (κ3) is 5.71. The van der Waals surface area contributed by atoms with Crippen LogP contribution in [-0.4, -0.2) is 52.1 Å². The molecule has 0 bridgehead atoms. The van der Waals surface area contributed by atoms with Crippen LogP contribution in [-0.2, 0) is 19.0 Å². The minimum atomic E-state index is -0.158. The summed E-state index contributed by atoms with van der Waals surface area (Å²) in [5.74, 6) is -0.158. The Morgan fingerprint density at radius 3 is 3.07 bits per heavy atom. The van der Waals surface area contributed by atoms with Crippen molar-refractivity contribution in [3.63, 3.8) is 0 Å². The van der Waals surface area contributed by atoms with Gasteiger partial charge in [-0.15, -0.1) is 0 Å². The summed E-state index contributed by atoms with van der Waals surface area (Å²) in [4.78, 5) is 10.8. The summed E-state index contributed by atoms with van der Waals surface area (Å²) in [6.07, 6.45) is 1.41. The quantitative estimate of drug-likeness (QED) is 0.499. The standard InChI is InChI=1S/C10H19NO4/c1-13-10(12)3-2-4-11-7-9-8-14-5-6-15-9/h9,11H,2-8H2,1H3. The molecule has 1 saturated heterocycles. The number of methoxy groups -OCH3 is 1. The van der Waals surface area contributed by atoms with Gasteiger partial charge in [0.05, 0.1) is 33.0 Å². The maximum Gasteiger partial charge on any atom is 0.305 e. The molecule has 1 atom stereocenters. The van der Waals surface area contributed by atoms with Crippen LogP contribution in [0.4, 0.5) is 0 Å². The van der Waals surface area contributed by atoms with Crippen molar-refractivity contribution in [3.8, 4) is 0 Å². The Bertz CT molecular complexity index is 180. The van der Waals surface area contributed by atoms with Crippen molar-refractivity contribution < 1.29 is 19.0 Å². The molecule has 1 heterocycles. The minimum Gasteiger partial charge on any atom is -0.469 e. The van der Waals surface area contributed by atoms with Gasteiger partial charge in [0.2, 0.25) is 0 Å². The third-order valence-electron chi connectivity index (χ3n) is 2.22. The summed E-state index contributed by atoms with van der Waals surface area (Å²) >= 11 is 0. The van der Waals surface area contributed by atoms with E-state index in [0.29, 0.717) is 26.2 Å². The molecule has 0 aromatic carbocycles. The molecule has 0 radical (unpaired) electrons. The van der Waals surface area contributed by atoms with E-state index >= 15 is 0 Å². The van der Waals surface area contributed by atoms with Crippen LogP contribution in [0.2, 0.25) is 0 Å². The normalized spacial score (nSPS) is 21.3. The zero-order chi connectivity index (χ0) is 10.9. The molecule has 88 valence electrons. The highest BCUT2D eigenvalue weighted by Gasteiger charge is 2.13. The third-order valence-corrected chi connectivity index (χ3v) is 2.22. The van der Waals surface area contributed by atoms with Gasteiger partial charge in [0, 0.05) is 13.0 Å². The van der Waals surface area contributed by atoms with E-state index < -0.39 is 0 Å². The Kier molecular flexibility index (Phi) is 6.31. The van der Waals surface area contributed by atoms with E-state index in [2.05, 4.69) is 10.1 Å². The Morgan fingerprint density at radius 2 is 2.40 bits per heavy atom. The van der Waals surface area contributed by atoms with Gasteiger partial charge < -0.3 is 19.5 Å². The minimum absolute atomic E-state index is 0.150. The van der Waals surface area contributed by atoms with Gasteiger partial charge in [-0.2, -0.15) is 0 Å². The molecule has 1 aliphatic rings. The van der Waals surface area contributed by atoms with Crippen LogP contribution >= 0.6 is 0 Å². The number of carbonyl (C=O) groups excluding carboxylic acids is 1. The molecular formula is C10H19NO4. The number of hydrogen-bond donors (Lipinski definition) is 1. The van der Waals surface area contributed by atoms with Crippen LogP contribution in [0.3, 0.4) is 0 Å². The van der Waals surface area contributed by atoms with Crippen LogP contribution < -0.4 is 5.32 Å². The molecule has 1 N–H and O–H groups in total. The van der Waals surface area contributed by atoms with E-state index in [4.69, 9.17) is 9.47 Å². The van der Waals surface area contributed by atoms with Crippen molar-refractivity contribution in [3.05, 3.63) is 0 Å². The van der Waals surface area contributed by atoms with Gasteiger partial charge in [0.25, 0.3) is 0 Å². The lowest BCUT2D eigenvalue weighted by atomic mass is 10.3. The van der Waals surface area contributed by atoms with Gasteiger partial charge in [-0.3, -0.25) is 4.79 Å². The van der Waals surface area contributed by atoms with Crippen LogP contribution in [0.15, 0.2) is 0 Å². The Hall–Kier alpha value is -0.650. The molecule has 15 heavy (non-hydrogen) atoms. The molecule has 0 amide bonds. The molecule has 0 aromatic rings. The monoisotopic (exact) mass is 217 g/mol. The average molecular weight is 217 g/mol. The van der Waals surface area contributed by atoms with Crippen molar-refractivity contribution in [1.82, 2.24) is 5.32 Å². The van der Waals surface area contributed by atoms with E-state index in [9.17, 15) is 4.79 Å². The Balaban J connectivity index is 1.89. The lowest BCUT2D eigenvalue weighted by Gasteiger charge is -2.23. The molecule has 5 nitrogen and oxygen atoms in total. The molecule has 1 rings (SSSR count). The van der Waals surface area contributed by atoms with Gasteiger partial charge >= 0.3 is 5.97 Å². The summed E-state index contributed by atoms with van der Waals surface area (Å²) in [5.41, 5.74) is 0. The van der Waals surface area contributed by atoms with Crippen molar-refractivity contribution in [2.75, 3.05) is 40.0 Å². The first-order valence-electron chi connectivity index (χ1n) is 5.30. The second-order valence-electron chi connectivity index (χ2n) is 3.45. The summed E-state index contributed by atoms with van der Waals surface area (Å²) in [7, 11) is 1.41. The van der Waals surface area contributed by atoms with Crippen LogP contribution in [0.5, 0.6) is 0 Å². The maximum atomic E-state index is 10.8. The summed E-state index contributed by atoms with van der Waals surface area (Å²) < 4.78 is 15.2. The predicted molar refractivity (Wildman–Crippen MR) is 54.7 cm³/mol. The van der Waals surface area contributed by atoms with Gasteiger partial charge in [-0.25, -0.2) is 0 Å². The second kappa shape index (κ2) is 7.62. The lowest BCUT2D eigenvalue weighted by molar-refractivity contribution is -0.140. The van der Waals surface area contributed by atoms with E-state index in [1.165, 1.54) is 7.11 Å². The summed E-state index contributed by atoms with van der Waals surface area (Å²) in [6, 6.07) is 0. The molecule has 0 spiro atoms. The fourth-order valence-electron chi connectivity index (χ4n) is 1.38. The van der Waals surface area contributed by atoms with Gasteiger partial charge in [-0.05, 0) is 13.0 Å². The Labute approximate surface area is 90.1 Å². The van der Waals surface area contributed by atoms with Crippen molar-refractivity contribution >= 4 is 5.97 Å². The number of esters is 1. The van der Waals surface area contributed by atoms with Crippen molar-refractivity contribution in [2.24, 2.45) is 0 Å². The smallest absolute Gasteiger partial charge is 0.305 e. The highest BCUT2D eigenvalue weighted by atomic mass is 16.6. The second-order valence-corrected chi connectivity index (χ2v) is 3.45.